The fraction of sp³-hybridized carbons (Fsp3) is 0.250. The first kappa shape index (κ1) is 22.6. The molecule has 0 atom stereocenters. The van der Waals surface area contributed by atoms with Crippen molar-refractivity contribution in [1.29, 1.82) is 0 Å². The minimum absolute atomic E-state index is 0.0872. The van der Waals surface area contributed by atoms with Crippen LogP contribution in [-0.4, -0.2) is 42.8 Å². The lowest BCUT2D eigenvalue weighted by Crippen LogP contribution is -2.35. The van der Waals surface area contributed by atoms with Gasteiger partial charge in [0.15, 0.2) is 5.78 Å². The van der Waals surface area contributed by atoms with Crippen LogP contribution in [0, 0.1) is 0 Å². The molecule has 2 aromatic carbocycles. The monoisotopic (exact) mass is 443 g/mol. The molecule has 0 amide bonds. The average molecular weight is 444 g/mol. The molecule has 5 heteroatoms. The number of allylic oxidation sites excluding steroid dienone is 5. The molecule has 2 heterocycles. The lowest BCUT2D eigenvalue weighted by molar-refractivity contribution is -0.149. The zero-order valence-electron chi connectivity index (χ0n) is 19.1. The SMILES string of the molecule is CC1(C)OC(c2ccccc2)=C/C(=C/C=C/C(=O)/C=C(/c2ccccc2)N2CCOCC2)O1. The van der Waals surface area contributed by atoms with E-state index in [1.54, 1.807) is 24.3 Å². The molecule has 0 unspecified atom stereocenters. The van der Waals surface area contributed by atoms with E-state index in [0.717, 1.165) is 35.7 Å². The van der Waals surface area contributed by atoms with Crippen LogP contribution < -0.4 is 0 Å². The van der Waals surface area contributed by atoms with Crippen LogP contribution in [0.15, 0.2) is 96.8 Å². The van der Waals surface area contributed by atoms with Crippen LogP contribution in [0.4, 0.5) is 0 Å². The standard InChI is InChI=1S/C28H29NO4/c1-28(2)32-25(21-27(33-28)23-12-7-4-8-13-23)15-9-14-24(30)20-26(22-10-5-3-6-11-22)29-16-18-31-19-17-29/h3-15,20-21H,16-19H2,1-2H3/b14-9+,25-15-,26-20-. The molecule has 0 aliphatic carbocycles. The number of carbonyl (C=O) groups excluding carboxylic acids is 1. The van der Waals surface area contributed by atoms with Gasteiger partial charge >= 0.3 is 0 Å². The van der Waals surface area contributed by atoms with Crippen LogP contribution in [0.25, 0.3) is 11.5 Å². The van der Waals surface area contributed by atoms with E-state index in [0.29, 0.717) is 19.0 Å². The first-order valence-electron chi connectivity index (χ1n) is 11.2. The van der Waals surface area contributed by atoms with Gasteiger partial charge in [0, 0.05) is 50.3 Å². The number of hydrogen-bond donors (Lipinski definition) is 0. The van der Waals surface area contributed by atoms with Gasteiger partial charge in [-0.05, 0) is 17.7 Å². The Hall–Kier alpha value is -3.57. The second kappa shape index (κ2) is 10.4. The normalized spacial score (nSPS) is 19.7. The first-order chi connectivity index (χ1) is 16.0. The molecule has 4 rings (SSSR count). The zero-order chi connectivity index (χ0) is 23.1. The van der Waals surface area contributed by atoms with Gasteiger partial charge in [0.2, 0.25) is 5.79 Å². The van der Waals surface area contributed by atoms with Gasteiger partial charge in [-0.1, -0.05) is 66.7 Å². The van der Waals surface area contributed by atoms with Gasteiger partial charge in [0.1, 0.15) is 11.5 Å². The molecule has 0 bridgehead atoms. The maximum absolute atomic E-state index is 12.8. The van der Waals surface area contributed by atoms with Crippen molar-refractivity contribution in [1.82, 2.24) is 4.90 Å². The van der Waals surface area contributed by atoms with Gasteiger partial charge in [-0.25, -0.2) is 0 Å². The van der Waals surface area contributed by atoms with E-state index in [4.69, 9.17) is 14.2 Å². The first-order valence-corrected chi connectivity index (χ1v) is 11.2. The van der Waals surface area contributed by atoms with Crippen molar-refractivity contribution < 1.29 is 19.0 Å². The van der Waals surface area contributed by atoms with Gasteiger partial charge in [0.25, 0.3) is 0 Å². The highest BCUT2D eigenvalue weighted by atomic mass is 16.7. The maximum Gasteiger partial charge on any atom is 0.245 e. The van der Waals surface area contributed by atoms with E-state index in [9.17, 15) is 4.79 Å². The Morgan fingerprint density at radius 3 is 2.30 bits per heavy atom. The molecule has 1 fully saturated rings. The molecule has 1 saturated heterocycles. The highest BCUT2D eigenvalue weighted by Gasteiger charge is 2.28. The van der Waals surface area contributed by atoms with E-state index < -0.39 is 5.79 Å². The van der Waals surface area contributed by atoms with Gasteiger partial charge in [0.05, 0.1) is 13.2 Å². The molecular weight excluding hydrogens is 414 g/mol. The fourth-order valence-corrected chi connectivity index (χ4v) is 3.78. The minimum atomic E-state index is -0.805. The zero-order valence-corrected chi connectivity index (χ0v) is 19.1. The number of morpholine rings is 1. The van der Waals surface area contributed by atoms with Gasteiger partial charge in [-0.3, -0.25) is 4.79 Å². The van der Waals surface area contributed by atoms with E-state index >= 15 is 0 Å². The third kappa shape index (κ3) is 6.24. The van der Waals surface area contributed by atoms with Crippen LogP contribution in [0.1, 0.15) is 25.0 Å². The van der Waals surface area contributed by atoms with Crippen molar-refractivity contribution >= 4 is 17.2 Å². The number of nitrogens with zero attached hydrogens (tertiary/aromatic N) is 1. The van der Waals surface area contributed by atoms with Crippen LogP contribution in [0.3, 0.4) is 0 Å². The summed E-state index contributed by atoms with van der Waals surface area (Å²) in [6.45, 7) is 6.57. The number of carbonyl (C=O) groups is 1. The van der Waals surface area contributed by atoms with Crippen molar-refractivity contribution in [2.75, 3.05) is 26.3 Å². The lowest BCUT2D eigenvalue weighted by Gasteiger charge is -2.33. The quantitative estimate of drug-likeness (QED) is 0.575. The Morgan fingerprint density at radius 1 is 0.939 bits per heavy atom. The highest BCUT2D eigenvalue weighted by Crippen LogP contribution is 2.32. The summed E-state index contributed by atoms with van der Waals surface area (Å²) in [5, 5.41) is 0. The third-order valence-electron chi connectivity index (χ3n) is 5.27. The third-order valence-corrected chi connectivity index (χ3v) is 5.27. The van der Waals surface area contributed by atoms with Crippen LogP contribution in [-0.2, 0) is 19.0 Å². The topological polar surface area (TPSA) is 48.0 Å². The van der Waals surface area contributed by atoms with Crippen molar-refractivity contribution in [2.24, 2.45) is 0 Å². The minimum Gasteiger partial charge on any atom is -0.453 e. The molecule has 2 aromatic rings. The predicted molar refractivity (Wildman–Crippen MR) is 130 cm³/mol. The maximum atomic E-state index is 12.8. The molecule has 33 heavy (non-hydrogen) atoms. The van der Waals surface area contributed by atoms with Crippen molar-refractivity contribution in [3.05, 3.63) is 108 Å². The number of ketones is 1. The Labute approximate surface area is 195 Å². The molecule has 2 aliphatic rings. The summed E-state index contributed by atoms with van der Waals surface area (Å²) in [5.74, 6) is 0.474. The summed E-state index contributed by atoms with van der Waals surface area (Å²) >= 11 is 0. The second-order valence-electron chi connectivity index (χ2n) is 8.30. The van der Waals surface area contributed by atoms with Gasteiger partial charge < -0.3 is 19.1 Å². The second-order valence-corrected chi connectivity index (χ2v) is 8.30. The Balaban J connectivity index is 1.54. The van der Waals surface area contributed by atoms with Crippen LogP contribution >= 0.6 is 0 Å². The largest absolute Gasteiger partial charge is 0.453 e. The summed E-state index contributed by atoms with van der Waals surface area (Å²) in [6.07, 6.45) is 8.59. The van der Waals surface area contributed by atoms with E-state index in [1.807, 2.05) is 80.6 Å². The Morgan fingerprint density at radius 2 is 1.61 bits per heavy atom. The summed E-state index contributed by atoms with van der Waals surface area (Å²) in [6, 6.07) is 19.9. The van der Waals surface area contributed by atoms with Crippen molar-refractivity contribution in [3.8, 4) is 0 Å². The summed E-state index contributed by atoms with van der Waals surface area (Å²) in [4.78, 5) is 15.0. The molecule has 0 radical (unpaired) electrons. The molecule has 170 valence electrons. The highest BCUT2D eigenvalue weighted by molar-refractivity contribution is 6.04. The fourth-order valence-electron chi connectivity index (χ4n) is 3.78. The molecule has 2 aliphatic heterocycles. The molecule has 0 aromatic heterocycles. The van der Waals surface area contributed by atoms with E-state index in [2.05, 4.69) is 4.90 Å². The van der Waals surface area contributed by atoms with Crippen LogP contribution in [0.2, 0.25) is 0 Å². The lowest BCUT2D eigenvalue weighted by atomic mass is 10.1. The number of hydrogen-bond acceptors (Lipinski definition) is 5. The summed E-state index contributed by atoms with van der Waals surface area (Å²) < 4.78 is 17.4. The van der Waals surface area contributed by atoms with Gasteiger partial charge in [-0.15, -0.1) is 0 Å². The van der Waals surface area contributed by atoms with Crippen molar-refractivity contribution in [2.45, 2.75) is 19.6 Å². The molecule has 0 N–H and O–H groups in total. The molecule has 0 saturated carbocycles. The summed E-state index contributed by atoms with van der Waals surface area (Å²) in [5.41, 5.74) is 2.90. The van der Waals surface area contributed by atoms with Crippen LogP contribution in [0.5, 0.6) is 0 Å². The van der Waals surface area contributed by atoms with Crippen molar-refractivity contribution in [3.63, 3.8) is 0 Å². The molecule has 0 spiro atoms. The number of benzene rings is 2. The predicted octanol–water partition coefficient (Wildman–Crippen LogP) is 5.19. The van der Waals surface area contributed by atoms with E-state index in [-0.39, 0.29) is 5.78 Å². The van der Waals surface area contributed by atoms with E-state index in [1.165, 1.54) is 0 Å². The molecular formula is C28H29NO4. The number of rotatable bonds is 6. The van der Waals surface area contributed by atoms with Gasteiger partial charge in [-0.2, -0.15) is 0 Å². The molecule has 5 nitrogen and oxygen atoms in total. The Kier molecular flexibility index (Phi) is 7.10. The summed E-state index contributed by atoms with van der Waals surface area (Å²) in [7, 11) is 0. The number of ether oxygens (including phenoxy) is 3. The smallest absolute Gasteiger partial charge is 0.245 e. The average Bonchev–Trinajstić information content (AvgIpc) is 2.83. The Bertz CT molecular complexity index is 1080.